The molecular weight excluding hydrogens is 259 g/mol. The number of rotatable bonds is 3. The van der Waals surface area contributed by atoms with Gasteiger partial charge in [-0.25, -0.2) is 13.2 Å². The highest BCUT2D eigenvalue weighted by Crippen LogP contribution is 2.27. The van der Waals surface area contributed by atoms with Crippen molar-refractivity contribution in [3.63, 3.8) is 0 Å². The molecule has 0 aromatic heterocycles. The number of nitrogens with zero attached hydrogens (tertiary/aromatic N) is 1. The molecule has 2 unspecified atom stereocenters. The molecule has 1 aliphatic heterocycles. The van der Waals surface area contributed by atoms with E-state index in [1.165, 1.54) is 0 Å². The van der Waals surface area contributed by atoms with E-state index < -0.39 is 29.5 Å². The van der Waals surface area contributed by atoms with E-state index in [1.54, 1.807) is 11.8 Å². The molecule has 1 aromatic carbocycles. The van der Waals surface area contributed by atoms with Gasteiger partial charge >= 0.3 is 5.97 Å². The highest BCUT2D eigenvalue weighted by molar-refractivity contribution is 5.74. The molecule has 2 atom stereocenters. The minimum atomic E-state index is -1.24. The number of likely N-dealkylation sites (tertiary alicyclic amines) is 1. The van der Waals surface area contributed by atoms with Gasteiger partial charge in [-0.05, 0) is 24.9 Å². The molecule has 19 heavy (non-hydrogen) atoms. The Balaban J connectivity index is 2.21. The molecular formula is C13H14F3NO2. The Kier molecular flexibility index (Phi) is 3.80. The Hall–Kier alpha value is -1.56. The van der Waals surface area contributed by atoms with E-state index in [1.807, 2.05) is 0 Å². The van der Waals surface area contributed by atoms with Crippen LogP contribution in [0, 0.1) is 23.4 Å². The molecule has 1 fully saturated rings. The summed E-state index contributed by atoms with van der Waals surface area (Å²) in [5.41, 5.74) is -0.0285. The van der Waals surface area contributed by atoms with Crippen molar-refractivity contribution in [3.8, 4) is 0 Å². The SMILES string of the molecule is CC1CCN(Cc2cc(F)c(F)cc2F)C1C(=O)O. The predicted molar refractivity (Wildman–Crippen MR) is 61.9 cm³/mol. The van der Waals surface area contributed by atoms with Crippen LogP contribution in [0.1, 0.15) is 18.9 Å². The summed E-state index contributed by atoms with van der Waals surface area (Å²) in [7, 11) is 0. The standard InChI is InChI=1S/C13H14F3NO2/c1-7-2-3-17(12(7)13(18)19)6-8-4-10(15)11(16)5-9(8)14/h4-5,7,12H,2-3,6H2,1H3,(H,18,19). The Morgan fingerprint density at radius 1 is 1.32 bits per heavy atom. The maximum atomic E-state index is 13.5. The van der Waals surface area contributed by atoms with Gasteiger partial charge in [0.2, 0.25) is 0 Å². The smallest absolute Gasteiger partial charge is 0.321 e. The molecule has 1 heterocycles. The van der Waals surface area contributed by atoms with Crippen molar-refractivity contribution in [2.75, 3.05) is 6.54 Å². The molecule has 1 aromatic rings. The maximum Gasteiger partial charge on any atom is 0.321 e. The third kappa shape index (κ3) is 2.73. The molecule has 104 valence electrons. The van der Waals surface area contributed by atoms with Gasteiger partial charge in [-0.15, -0.1) is 0 Å². The molecule has 0 saturated carbocycles. The minimum Gasteiger partial charge on any atom is -0.480 e. The van der Waals surface area contributed by atoms with Gasteiger partial charge in [0.1, 0.15) is 11.9 Å². The van der Waals surface area contributed by atoms with Gasteiger partial charge in [-0.3, -0.25) is 9.69 Å². The van der Waals surface area contributed by atoms with E-state index in [9.17, 15) is 18.0 Å². The zero-order valence-corrected chi connectivity index (χ0v) is 10.4. The van der Waals surface area contributed by atoms with E-state index in [0.29, 0.717) is 19.0 Å². The normalized spacial score (nSPS) is 23.8. The zero-order valence-electron chi connectivity index (χ0n) is 10.4. The van der Waals surface area contributed by atoms with Gasteiger partial charge in [0.05, 0.1) is 0 Å². The Labute approximate surface area is 108 Å². The van der Waals surface area contributed by atoms with Crippen LogP contribution >= 0.6 is 0 Å². The quantitative estimate of drug-likeness (QED) is 0.860. The number of benzene rings is 1. The first-order valence-corrected chi connectivity index (χ1v) is 6.00. The van der Waals surface area contributed by atoms with E-state index in [2.05, 4.69) is 0 Å². The highest BCUT2D eigenvalue weighted by Gasteiger charge is 2.36. The zero-order chi connectivity index (χ0) is 14.2. The van der Waals surface area contributed by atoms with Gasteiger partial charge in [0.15, 0.2) is 11.6 Å². The maximum absolute atomic E-state index is 13.5. The lowest BCUT2D eigenvalue weighted by molar-refractivity contribution is -0.143. The van der Waals surface area contributed by atoms with Crippen LogP contribution in [-0.4, -0.2) is 28.6 Å². The third-order valence-electron chi connectivity index (χ3n) is 3.52. The van der Waals surface area contributed by atoms with E-state index >= 15 is 0 Å². The second-order valence-electron chi connectivity index (χ2n) is 4.88. The first-order chi connectivity index (χ1) is 8.90. The highest BCUT2D eigenvalue weighted by atomic mass is 19.2. The van der Waals surface area contributed by atoms with Crippen LogP contribution in [0.2, 0.25) is 0 Å². The molecule has 0 spiro atoms. The minimum absolute atomic E-state index is 0.0285. The van der Waals surface area contributed by atoms with Crippen molar-refractivity contribution < 1.29 is 23.1 Å². The number of hydrogen-bond donors (Lipinski definition) is 1. The molecule has 1 aliphatic rings. The van der Waals surface area contributed by atoms with Gasteiger partial charge in [-0.1, -0.05) is 6.92 Å². The summed E-state index contributed by atoms with van der Waals surface area (Å²) in [5, 5.41) is 9.13. The van der Waals surface area contributed by atoms with Gasteiger partial charge in [0, 0.05) is 18.2 Å². The van der Waals surface area contributed by atoms with Crippen LogP contribution in [-0.2, 0) is 11.3 Å². The van der Waals surface area contributed by atoms with E-state index in [4.69, 9.17) is 5.11 Å². The van der Waals surface area contributed by atoms with Gasteiger partial charge in [0.25, 0.3) is 0 Å². The number of carboxylic acid groups (broad SMARTS) is 1. The van der Waals surface area contributed by atoms with Crippen LogP contribution in [0.3, 0.4) is 0 Å². The molecule has 1 saturated heterocycles. The van der Waals surface area contributed by atoms with E-state index in [-0.39, 0.29) is 18.0 Å². The first-order valence-electron chi connectivity index (χ1n) is 6.00. The molecule has 0 bridgehead atoms. The number of halogens is 3. The Bertz CT molecular complexity index is 507. The predicted octanol–water partition coefficient (Wildman–Crippen LogP) is 2.40. The second-order valence-corrected chi connectivity index (χ2v) is 4.88. The summed E-state index contributed by atoms with van der Waals surface area (Å²) in [6.07, 6.45) is 0.683. The second kappa shape index (κ2) is 5.21. The Morgan fingerprint density at radius 2 is 1.95 bits per heavy atom. The van der Waals surface area contributed by atoms with Crippen molar-refractivity contribution in [2.45, 2.75) is 25.9 Å². The number of aliphatic carboxylic acids is 1. The molecule has 3 nitrogen and oxygen atoms in total. The summed E-state index contributed by atoms with van der Waals surface area (Å²) in [5.74, 6) is -4.26. The van der Waals surface area contributed by atoms with Crippen molar-refractivity contribution in [1.82, 2.24) is 4.90 Å². The first kappa shape index (κ1) is 13.9. The third-order valence-corrected chi connectivity index (χ3v) is 3.52. The monoisotopic (exact) mass is 273 g/mol. The lowest BCUT2D eigenvalue weighted by Gasteiger charge is -2.23. The fourth-order valence-electron chi connectivity index (χ4n) is 2.51. The van der Waals surface area contributed by atoms with Crippen LogP contribution in [0.5, 0.6) is 0 Å². The molecule has 0 amide bonds. The fourth-order valence-corrected chi connectivity index (χ4v) is 2.51. The number of hydrogen-bond acceptors (Lipinski definition) is 2. The summed E-state index contributed by atoms with van der Waals surface area (Å²) in [4.78, 5) is 12.7. The summed E-state index contributed by atoms with van der Waals surface area (Å²) >= 11 is 0. The summed E-state index contributed by atoms with van der Waals surface area (Å²) < 4.78 is 39.4. The van der Waals surface area contributed by atoms with Crippen molar-refractivity contribution >= 4 is 5.97 Å². The average molecular weight is 273 g/mol. The molecule has 0 aliphatic carbocycles. The molecule has 6 heteroatoms. The van der Waals surface area contributed by atoms with Crippen LogP contribution in [0.4, 0.5) is 13.2 Å². The van der Waals surface area contributed by atoms with Crippen molar-refractivity contribution in [1.29, 1.82) is 0 Å². The van der Waals surface area contributed by atoms with Crippen molar-refractivity contribution in [2.24, 2.45) is 5.92 Å². The lowest BCUT2D eigenvalue weighted by atomic mass is 10.0. The number of carbonyl (C=O) groups is 1. The van der Waals surface area contributed by atoms with Gasteiger partial charge < -0.3 is 5.11 Å². The molecule has 1 N–H and O–H groups in total. The lowest BCUT2D eigenvalue weighted by Crippen LogP contribution is -2.38. The van der Waals surface area contributed by atoms with Gasteiger partial charge in [-0.2, -0.15) is 0 Å². The van der Waals surface area contributed by atoms with E-state index in [0.717, 1.165) is 6.07 Å². The fraction of sp³-hybridized carbons (Fsp3) is 0.462. The van der Waals surface area contributed by atoms with Crippen LogP contribution in [0.25, 0.3) is 0 Å². The largest absolute Gasteiger partial charge is 0.480 e. The van der Waals surface area contributed by atoms with Crippen LogP contribution < -0.4 is 0 Å². The summed E-state index contributed by atoms with van der Waals surface area (Å²) in [6.45, 7) is 2.27. The molecule has 2 rings (SSSR count). The van der Waals surface area contributed by atoms with Crippen molar-refractivity contribution in [3.05, 3.63) is 35.1 Å². The molecule has 0 radical (unpaired) electrons. The van der Waals surface area contributed by atoms with Crippen LogP contribution in [0.15, 0.2) is 12.1 Å². The number of carboxylic acids is 1. The Morgan fingerprint density at radius 3 is 2.58 bits per heavy atom. The summed E-state index contributed by atoms with van der Waals surface area (Å²) in [6, 6.07) is 0.555. The average Bonchev–Trinajstić information content (AvgIpc) is 2.67. The topological polar surface area (TPSA) is 40.5 Å².